The number of benzene rings is 1. The number of unbranched alkanes of at least 4 members (excludes halogenated alkanes) is 36. The third kappa shape index (κ3) is 27.4. The maximum atomic E-state index is 5.34. The van der Waals surface area contributed by atoms with Crippen molar-refractivity contribution in [2.24, 2.45) is 20.8 Å². The fraction of sp³-hybridized carbons (Fsp3) is 0.871. The van der Waals surface area contributed by atoms with Gasteiger partial charge in [0.2, 0.25) is 0 Å². The Morgan fingerprint density at radius 1 is 0.303 bits per heavy atom. The summed E-state index contributed by atoms with van der Waals surface area (Å²) in [6.07, 6.45) is 61.8. The Morgan fingerprint density at radius 3 is 0.682 bits per heavy atom. The number of aliphatic imine (C=N–C) groups is 2. The van der Waals surface area contributed by atoms with Gasteiger partial charge in [-0.3, -0.25) is 9.98 Å². The molecule has 0 unspecified atom stereocenters. The van der Waals surface area contributed by atoms with Crippen molar-refractivity contribution in [3.63, 3.8) is 0 Å². The molecule has 2 heterocycles. The van der Waals surface area contributed by atoms with E-state index in [2.05, 4.69) is 62.6 Å². The van der Waals surface area contributed by atoms with Crippen LogP contribution in [0.4, 0.5) is 0 Å². The highest BCUT2D eigenvalue weighted by molar-refractivity contribution is 6.02. The van der Waals surface area contributed by atoms with Gasteiger partial charge in [0.15, 0.2) is 0 Å². The predicted molar refractivity (Wildman–Crippen MR) is 296 cm³/mol. The zero-order valence-electron chi connectivity index (χ0n) is 45.1. The SMILES string of the molecule is CCCCCCCCCCCCC1(CCCCCCCCCCCC)CN=C(c2ccc(C3=NCC(CCCCCCCCCCCC)(CCCCCCCCCCCC)CN3)cc2)NC1. The van der Waals surface area contributed by atoms with Gasteiger partial charge in [0.25, 0.3) is 0 Å². The molecule has 0 aromatic heterocycles. The molecule has 0 amide bonds. The van der Waals surface area contributed by atoms with Crippen LogP contribution in [0.2, 0.25) is 0 Å². The molecule has 0 aliphatic carbocycles. The summed E-state index contributed by atoms with van der Waals surface area (Å²) in [5.41, 5.74) is 3.10. The molecular formula is C62H114N4. The van der Waals surface area contributed by atoms with Crippen molar-refractivity contribution in [3.8, 4) is 0 Å². The summed E-state index contributed by atoms with van der Waals surface area (Å²) < 4.78 is 0. The first-order valence-corrected chi connectivity index (χ1v) is 30.3. The maximum Gasteiger partial charge on any atom is 0.128 e. The van der Waals surface area contributed by atoms with Gasteiger partial charge in [-0.2, -0.15) is 0 Å². The third-order valence-electron chi connectivity index (χ3n) is 16.1. The first-order valence-electron chi connectivity index (χ1n) is 30.3. The summed E-state index contributed by atoms with van der Waals surface area (Å²) in [6, 6.07) is 9.22. The van der Waals surface area contributed by atoms with E-state index >= 15 is 0 Å². The topological polar surface area (TPSA) is 48.8 Å². The first kappa shape index (κ1) is 58.5. The van der Waals surface area contributed by atoms with Crippen molar-refractivity contribution < 1.29 is 0 Å². The molecule has 0 bridgehead atoms. The zero-order valence-corrected chi connectivity index (χ0v) is 45.1. The van der Waals surface area contributed by atoms with E-state index in [1.54, 1.807) is 0 Å². The largest absolute Gasteiger partial charge is 0.369 e. The second kappa shape index (κ2) is 39.9. The summed E-state index contributed by atoms with van der Waals surface area (Å²) in [5.74, 6) is 2.21. The number of rotatable bonds is 46. The van der Waals surface area contributed by atoms with Gasteiger partial charge in [-0.25, -0.2) is 0 Å². The summed E-state index contributed by atoms with van der Waals surface area (Å²) in [7, 11) is 0. The van der Waals surface area contributed by atoms with E-state index in [1.165, 1.54) is 294 Å². The van der Waals surface area contributed by atoms with Crippen LogP contribution in [0.1, 0.15) is 321 Å². The lowest BCUT2D eigenvalue weighted by Gasteiger charge is -2.37. The molecule has 66 heavy (non-hydrogen) atoms. The van der Waals surface area contributed by atoms with Gasteiger partial charge >= 0.3 is 0 Å². The monoisotopic (exact) mass is 915 g/mol. The van der Waals surface area contributed by atoms with Crippen molar-refractivity contribution in [2.45, 2.75) is 310 Å². The van der Waals surface area contributed by atoms with Crippen LogP contribution in [-0.4, -0.2) is 37.9 Å². The highest BCUT2D eigenvalue weighted by atomic mass is 15.1. The van der Waals surface area contributed by atoms with E-state index in [0.717, 1.165) is 37.9 Å². The molecule has 4 heteroatoms. The minimum Gasteiger partial charge on any atom is -0.369 e. The third-order valence-corrected chi connectivity index (χ3v) is 16.1. The molecule has 1 aromatic carbocycles. The summed E-state index contributed by atoms with van der Waals surface area (Å²) in [4.78, 5) is 10.7. The second-order valence-corrected chi connectivity index (χ2v) is 22.3. The molecule has 382 valence electrons. The Kier molecular flexibility index (Phi) is 35.4. The van der Waals surface area contributed by atoms with Crippen molar-refractivity contribution in [2.75, 3.05) is 26.2 Å². The lowest BCUT2D eigenvalue weighted by molar-refractivity contribution is 0.224. The van der Waals surface area contributed by atoms with E-state index < -0.39 is 0 Å². The molecule has 0 saturated heterocycles. The molecule has 0 radical (unpaired) electrons. The van der Waals surface area contributed by atoms with Gasteiger partial charge in [0, 0.05) is 48.1 Å². The van der Waals surface area contributed by atoms with Crippen molar-refractivity contribution in [1.29, 1.82) is 0 Å². The average Bonchev–Trinajstić information content (AvgIpc) is 3.34. The van der Waals surface area contributed by atoms with Gasteiger partial charge in [-0.15, -0.1) is 0 Å². The van der Waals surface area contributed by atoms with Crippen LogP contribution < -0.4 is 10.6 Å². The van der Waals surface area contributed by atoms with Gasteiger partial charge < -0.3 is 10.6 Å². The van der Waals surface area contributed by atoms with Crippen LogP contribution in [0, 0.1) is 10.8 Å². The second-order valence-electron chi connectivity index (χ2n) is 22.3. The maximum absolute atomic E-state index is 5.34. The minimum absolute atomic E-state index is 0.318. The minimum atomic E-state index is 0.318. The lowest BCUT2D eigenvalue weighted by Crippen LogP contribution is -2.45. The summed E-state index contributed by atoms with van der Waals surface area (Å²) >= 11 is 0. The normalized spacial score (nSPS) is 15.6. The van der Waals surface area contributed by atoms with E-state index in [9.17, 15) is 0 Å². The molecule has 0 saturated carbocycles. The molecule has 0 fully saturated rings. The molecular weight excluding hydrogens is 801 g/mol. The smallest absolute Gasteiger partial charge is 0.128 e. The van der Waals surface area contributed by atoms with Gasteiger partial charge in [0.05, 0.1) is 0 Å². The highest BCUT2D eigenvalue weighted by Crippen LogP contribution is 2.36. The predicted octanol–water partition coefficient (Wildman–Crippen LogP) is 19.6. The molecule has 2 N–H and O–H groups in total. The Balaban J connectivity index is 1.52. The molecule has 0 atom stereocenters. The van der Waals surface area contributed by atoms with Crippen LogP contribution in [0.5, 0.6) is 0 Å². The van der Waals surface area contributed by atoms with Gasteiger partial charge in [-0.1, -0.05) is 309 Å². The van der Waals surface area contributed by atoms with E-state index in [4.69, 9.17) is 9.98 Å². The molecule has 4 nitrogen and oxygen atoms in total. The molecule has 0 spiro atoms. The Labute approximate surface area is 413 Å². The van der Waals surface area contributed by atoms with E-state index in [1.807, 2.05) is 0 Å². The van der Waals surface area contributed by atoms with Crippen LogP contribution in [0.3, 0.4) is 0 Å². The number of hydrogen-bond acceptors (Lipinski definition) is 4. The standard InChI is InChI=1S/C62H114N4/c1-5-9-13-17-21-25-29-33-37-41-49-61(50-42-38-34-30-26-22-18-14-10-6-2)53-63-59(64-54-61)57-45-47-58(48-46-57)60-65-55-62(56-66-60,51-43-39-35-31-27-23-19-15-11-7-3)52-44-40-36-32-28-24-20-16-12-8-4/h45-48H,5-44,49-56H2,1-4H3,(H,63,64)(H,65,66). The van der Waals surface area contributed by atoms with Crippen molar-refractivity contribution in [1.82, 2.24) is 10.6 Å². The van der Waals surface area contributed by atoms with Crippen LogP contribution in [0.25, 0.3) is 0 Å². The van der Waals surface area contributed by atoms with Gasteiger partial charge in [0.1, 0.15) is 11.7 Å². The fourth-order valence-corrected chi connectivity index (χ4v) is 11.3. The summed E-state index contributed by atoms with van der Waals surface area (Å²) in [5, 5.41) is 7.80. The molecule has 3 rings (SSSR count). The van der Waals surface area contributed by atoms with Crippen LogP contribution >= 0.6 is 0 Å². The molecule has 1 aromatic rings. The Morgan fingerprint density at radius 2 is 0.500 bits per heavy atom. The van der Waals surface area contributed by atoms with Crippen molar-refractivity contribution in [3.05, 3.63) is 35.4 Å². The first-order chi connectivity index (χ1) is 32.6. The average molecular weight is 916 g/mol. The quantitative estimate of drug-likeness (QED) is 0.0640. The molecule has 2 aliphatic heterocycles. The van der Waals surface area contributed by atoms with Crippen molar-refractivity contribution >= 4 is 11.7 Å². The van der Waals surface area contributed by atoms with E-state index in [-0.39, 0.29) is 0 Å². The lowest BCUT2D eigenvalue weighted by atomic mass is 9.76. The number of nitrogens with zero attached hydrogens (tertiary/aromatic N) is 2. The van der Waals surface area contributed by atoms with E-state index in [0.29, 0.717) is 10.8 Å². The highest BCUT2D eigenvalue weighted by Gasteiger charge is 2.34. The van der Waals surface area contributed by atoms with Crippen LogP contribution in [-0.2, 0) is 0 Å². The zero-order chi connectivity index (χ0) is 46.9. The number of nitrogens with one attached hydrogen (secondary N) is 2. The summed E-state index contributed by atoms with van der Waals surface area (Å²) in [6.45, 7) is 13.4. The van der Waals surface area contributed by atoms with Crippen LogP contribution in [0.15, 0.2) is 34.3 Å². The fourth-order valence-electron chi connectivity index (χ4n) is 11.3. The van der Waals surface area contributed by atoms with Gasteiger partial charge in [-0.05, 0) is 25.7 Å². The molecule has 2 aliphatic rings. The Bertz CT molecular complexity index is 1150. The number of amidine groups is 2. The number of hydrogen-bond donors (Lipinski definition) is 2. The Hall–Kier alpha value is -1.84.